The molecule has 1 aromatic rings. The number of carbonyl (C=O) groups excluding carboxylic acids is 2. The third-order valence-electron chi connectivity index (χ3n) is 2.64. The van der Waals surface area contributed by atoms with E-state index < -0.39 is 5.97 Å². The van der Waals surface area contributed by atoms with Gasteiger partial charge in [0.1, 0.15) is 0 Å². The number of carbonyl (C=O) groups is 2. The molecule has 0 atom stereocenters. The van der Waals surface area contributed by atoms with Crippen molar-refractivity contribution in [2.24, 2.45) is 5.10 Å². The first-order valence-corrected chi connectivity index (χ1v) is 7.52. The zero-order valence-corrected chi connectivity index (χ0v) is 16.5. The molecule has 0 saturated heterocycles. The molecule has 0 spiro atoms. The molecule has 0 aromatic carbocycles. The molecule has 0 bridgehead atoms. The predicted octanol–water partition coefficient (Wildman–Crippen LogP) is 1.71. The van der Waals surface area contributed by atoms with E-state index in [1.807, 2.05) is 0 Å². The summed E-state index contributed by atoms with van der Waals surface area (Å²) in [7, 11) is 0. The molecule has 1 heterocycles. The van der Waals surface area contributed by atoms with Crippen molar-refractivity contribution in [2.75, 3.05) is 0 Å². The molecular formula is C16H30CoN3O7-. The third kappa shape index (κ3) is 29.1. The van der Waals surface area contributed by atoms with Crippen molar-refractivity contribution >= 4 is 18.1 Å². The Hall–Kier alpha value is -1.89. The van der Waals surface area contributed by atoms with Crippen LogP contribution in [0.15, 0.2) is 29.6 Å². The summed E-state index contributed by atoms with van der Waals surface area (Å²) in [5, 5.41) is 9.86. The van der Waals surface area contributed by atoms with Crippen LogP contribution in [-0.4, -0.2) is 50.1 Å². The van der Waals surface area contributed by atoms with E-state index >= 15 is 0 Å². The molecule has 1 radical (unpaired) electrons. The number of hydrogen-bond acceptors (Lipinski definition) is 8. The van der Waals surface area contributed by atoms with Crippen molar-refractivity contribution < 1.29 is 53.4 Å². The van der Waals surface area contributed by atoms with Gasteiger partial charge in [-0.25, -0.2) is 5.43 Å². The van der Waals surface area contributed by atoms with Crippen LogP contribution in [-0.2, 0) is 21.6 Å². The smallest absolute Gasteiger partial charge is 0.870 e. The van der Waals surface area contributed by atoms with Crippen LogP contribution in [0.1, 0.15) is 62.7 Å². The number of nitrogens with one attached hydrogen (secondary N) is 1. The molecule has 0 aliphatic rings. The summed E-state index contributed by atoms with van der Waals surface area (Å²) in [4.78, 5) is 24.5. The summed E-state index contributed by atoms with van der Waals surface area (Å²) in [6, 6.07) is 3.32. The van der Waals surface area contributed by atoms with Gasteiger partial charge in [-0.2, -0.15) is 5.10 Å². The SMILES string of the molecule is CC(=O)[OH2+].CCCCCCCC=NNC(=O)c1ccncc1.[Co+2].[OH-].[OH-].[OH-].[OH-]. The minimum absolute atomic E-state index is 0. The molecule has 7 N–H and O–H groups in total. The van der Waals surface area contributed by atoms with Gasteiger partial charge < -0.3 is 27.0 Å². The molecule has 0 aliphatic carbocycles. The number of pyridine rings is 1. The zero-order valence-electron chi connectivity index (χ0n) is 15.5. The number of unbranched alkanes of at least 4 members (excludes halogenated alkanes) is 5. The van der Waals surface area contributed by atoms with Gasteiger partial charge in [0, 0.05) is 29.0 Å². The second-order valence-electron chi connectivity index (χ2n) is 4.75. The van der Waals surface area contributed by atoms with E-state index in [1.54, 1.807) is 30.7 Å². The topological polar surface area (TPSA) is 214 Å². The number of hydrazone groups is 1. The van der Waals surface area contributed by atoms with E-state index in [-0.39, 0.29) is 44.6 Å². The molecule has 11 heteroatoms. The number of hydrogen-bond donors (Lipinski definition) is 1. The number of rotatable bonds is 8. The van der Waals surface area contributed by atoms with Gasteiger partial charge in [-0.1, -0.05) is 32.6 Å². The number of amides is 1. The molecule has 1 rings (SSSR count). The zero-order chi connectivity index (χ0) is 16.6. The van der Waals surface area contributed by atoms with Gasteiger partial charge in [0.2, 0.25) is 0 Å². The standard InChI is InChI=1S/C14H21N3O.C2H4O2.Co.4H2O/c1-2-3-4-5-6-7-10-16-17-14(18)13-8-11-15-12-9-13;1-2(3)4;;;;;/h8-12H,2-7H2,1H3,(H,17,18);1H3,(H,3,4);;4*1H2/q;;+2;;;;/p-3. The summed E-state index contributed by atoms with van der Waals surface area (Å²) in [5.41, 5.74) is 3.08. The second-order valence-corrected chi connectivity index (χ2v) is 4.75. The van der Waals surface area contributed by atoms with E-state index in [9.17, 15) is 4.79 Å². The van der Waals surface area contributed by atoms with Gasteiger partial charge in [0.15, 0.2) is 0 Å². The molecule has 0 saturated carbocycles. The maximum Gasteiger partial charge on any atom is 2.00 e. The quantitative estimate of drug-likeness (QED) is 0.275. The van der Waals surface area contributed by atoms with E-state index in [1.165, 1.54) is 32.6 Å². The van der Waals surface area contributed by atoms with Gasteiger partial charge >= 0.3 is 22.7 Å². The average Bonchev–Trinajstić information content (AvgIpc) is 2.50. The van der Waals surface area contributed by atoms with Gasteiger partial charge in [0.05, 0.1) is 6.92 Å². The van der Waals surface area contributed by atoms with E-state index in [2.05, 4.69) is 22.4 Å². The average molecular weight is 435 g/mol. The largest absolute Gasteiger partial charge is 2.00 e. The Morgan fingerprint density at radius 3 is 2.04 bits per heavy atom. The molecule has 10 nitrogen and oxygen atoms in total. The van der Waals surface area contributed by atoms with Crippen molar-refractivity contribution in [1.82, 2.24) is 10.4 Å². The van der Waals surface area contributed by atoms with Crippen molar-refractivity contribution in [3.63, 3.8) is 0 Å². The number of nitrogens with zero attached hydrogens (tertiary/aromatic N) is 2. The molecule has 161 valence electrons. The second kappa shape index (κ2) is 28.9. The molecule has 0 fully saturated rings. The van der Waals surface area contributed by atoms with Gasteiger partial charge in [-0.15, -0.1) is 0 Å². The summed E-state index contributed by atoms with van der Waals surface area (Å²) < 4.78 is 0. The summed E-state index contributed by atoms with van der Waals surface area (Å²) in [5.74, 6) is -0.778. The van der Waals surface area contributed by atoms with Crippen LogP contribution >= 0.6 is 0 Å². The summed E-state index contributed by atoms with van der Waals surface area (Å²) >= 11 is 0. The predicted molar refractivity (Wildman–Crippen MR) is 95.6 cm³/mol. The van der Waals surface area contributed by atoms with Crippen molar-refractivity contribution in [3.05, 3.63) is 30.1 Å². The Balaban J connectivity index is -0.000000112. The Bertz CT molecular complexity index is 459. The Morgan fingerprint density at radius 1 is 1.07 bits per heavy atom. The van der Waals surface area contributed by atoms with Crippen LogP contribution < -0.4 is 5.43 Å². The third-order valence-corrected chi connectivity index (χ3v) is 2.64. The molecule has 1 amide bonds. The summed E-state index contributed by atoms with van der Waals surface area (Å²) in [6.07, 6.45) is 12.1. The fourth-order valence-electron chi connectivity index (χ4n) is 1.58. The van der Waals surface area contributed by atoms with Crippen LogP contribution in [0.4, 0.5) is 0 Å². The Kier molecular flexibility index (Phi) is 42.8. The Labute approximate surface area is 169 Å². The maximum atomic E-state index is 11.6. The first-order chi connectivity index (χ1) is 10.6. The normalized spacial score (nSPS) is 8.07. The number of aromatic nitrogens is 1. The van der Waals surface area contributed by atoms with Gasteiger partial charge in [-0.3, -0.25) is 9.78 Å². The van der Waals surface area contributed by atoms with Crippen LogP contribution in [0.25, 0.3) is 0 Å². The van der Waals surface area contributed by atoms with Crippen molar-refractivity contribution in [3.8, 4) is 0 Å². The van der Waals surface area contributed by atoms with Crippen molar-refractivity contribution in [2.45, 2.75) is 52.4 Å². The maximum absolute atomic E-state index is 11.6. The first kappa shape index (κ1) is 40.0. The molecule has 0 aliphatic heterocycles. The molecular weight excluding hydrogens is 405 g/mol. The van der Waals surface area contributed by atoms with Crippen LogP contribution in [0.5, 0.6) is 0 Å². The fraction of sp³-hybridized carbons (Fsp3) is 0.500. The van der Waals surface area contributed by atoms with Crippen LogP contribution in [0.3, 0.4) is 0 Å². The van der Waals surface area contributed by atoms with Crippen molar-refractivity contribution in [1.29, 1.82) is 0 Å². The Morgan fingerprint density at radius 2 is 1.56 bits per heavy atom. The van der Waals surface area contributed by atoms with Crippen LogP contribution in [0, 0.1) is 0 Å². The minimum atomic E-state index is -0.583. The van der Waals surface area contributed by atoms with Crippen LogP contribution in [0.2, 0.25) is 0 Å². The van der Waals surface area contributed by atoms with E-state index in [4.69, 9.17) is 9.90 Å². The molecule has 1 aromatic heterocycles. The first-order valence-electron chi connectivity index (χ1n) is 7.52. The monoisotopic (exact) mass is 435 g/mol. The van der Waals surface area contributed by atoms with Gasteiger partial charge in [0.25, 0.3) is 5.91 Å². The fourth-order valence-corrected chi connectivity index (χ4v) is 1.58. The van der Waals surface area contributed by atoms with E-state index in [0.29, 0.717) is 5.56 Å². The van der Waals surface area contributed by atoms with E-state index in [0.717, 1.165) is 12.8 Å². The van der Waals surface area contributed by atoms with Gasteiger partial charge in [-0.05, 0) is 25.0 Å². The summed E-state index contributed by atoms with van der Waals surface area (Å²) in [6.45, 7) is 3.40. The molecule has 0 unspecified atom stereocenters. The molecule has 27 heavy (non-hydrogen) atoms. The minimum Gasteiger partial charge on any atom is -0.870 e.